The Morgan fingerprint density at radius 3 is 2.29 bits per heavy atom. The second kappa shape index (κ2) is 6.04. The maximum atomic E-state index is 11.1. The number of hydrogen-bond donors (Lipinski definition) is 2. The minimum atomic E-state index is -0.289. The van der Waals surface area contributed by atoms with Crippen molar-refractivity contribution in [1.29, 1.82) is 0 Å². The molecule has 1 unspecified atom stereocenters. The largest absolute Gasteiger partial charge is 0.352 e. The third-order valence-electron chi connectivity index (χ3n) is 2.13. The van der Waals surface area contributed by atoms with E-state index in [0.717, 1.165) is 0 Å². The average Bonchev–Trinajstić information content (AvgIpc) is 1.97. The Bertz CT molecular complexity index is 209. The SMILES string of the molecule is C=C(C)C(=O)NCC(C)C(C)(C)Cl.N. The first kappa shape index (κ1) is 15.9. The van der Waals surface area contributed by atoms with Gasteiger partial charge in [-0.2, -0.15) is 0 Å². The fourth-order valence-electron chi connectivity index (χ4n) is 0.639. The molecule has 4 heteroatoms. The first-order chi connectivity index (χ1) is 5.75. The number of nitrogens with one attached hydrogen (secondary N) is 1. The van der Waals surface area contributed by atoms with Gasteiger partial charge >= 0.3 is 0 Å². The second-order valence-corrected chi connectivity index (χ2v) is 4.93. The van der Waals surface area contributed by atoms with Gasteiger partial charge in [0.1, 0.15) is 0 Å². The van der Waals surface area contributed by atoms with Gasteiger partial charge in [-0.05, 0) is 26.7 Å². The van der Waals surface area contributed by atoms with Crippen LogP contribution >= 0.6 is 11.6 Å². The lowest BCUT2D eigenvalue weighted by Gasteiger charge is -2.24. The molecular weight excluding hydrogens is 200 g/mol. The predicted octanol–water partition coefficient (Wildman–Crippen LogP) is 2.49. The highest BCUT2D eigenvalue weighted by Crippen LogP contribution is 2.23. The van der Waals surface area contributed by atoms with E-state index in [9.17, 15) is 4.79 Å². The van der Waals surface area contributed by atoms with Crippen LogP contribution in [0.3, 0.4) is 0 Å². The Hall–Kier alpha value is -0.540. The first-order valence-corrected chi connectivity index (χ1v) is 4.75. The molecule has 0 aromatic rings. The molecule has 0 aliphatic carbocycles. The van der Waals surface area contributed by atoms with E-state index in [1.54, 1.807) is 6.92 Å². The normalized spacial score (nSPS) is 12.6. The molecular formula is C10H21ClN2O. The van der Waals surface area contributed by atoms with Crippen LogP contribution in [0.1, 0.15) is 27.7 Å². The summed E-state index contributed by atoms with van der Waals surface area (Å²) in [5, 5.41) is 2.77. The molecule has 0 heterocycles. The van der Waals surface area contributed by atoms with E-state index in [1.807, 2.05) is 20.8 Å². The van der Waals surface area contributed by atoms with Crippen LogP contribution in [0.2, 0.25) is 0 Å². The molecule has 1 amide bonds. The summed E-state index contributed by atoms with van der Waals surface area (Å²) in [5.74, 6) is 0.130. The van der Waals surface area contributed by atoms with Crippen molar-refractivity contribution in [1.82, 2.24) is 11.5 Å². The highest BCUT2D eigenvalue weighted by Gasteiger charge is 2.22. The molecule has 3 nitrogen and oxygen atoms in total. The van der Waals surface area contributed by atoms with Gasteiger partial charge in [0.05, 0.1) is 0 Å². The fourth-order valence-corrected chi connectivity index (χ4v) is 0.717. The zero-order chi connectivity index (χ0) is 10.6. The van der Waals surface area contributed by atoms with Crippen LogP contribution in [-0.2, 0) is 4.79 Å². The standard InChI is InChI=1S/C10H18ClNO.H3N/c1-7(2)9(13)12-6-8(3)10(4,5)11;/h8H,1,6H2,2-5H3,(H,12,13);1H3. The number of amides is 1. The average molecular weight is 221 g/mol. The smallest absolute Gasteiger partial charge is 0.246 e. The molecule has 4 N–H and O–H groups in total. The zero-order valence-electron chi connectivity index (χ0n) is 9.48. The summed E-state index contributed by atoms with van der Waals surface area (Å²) in [4.78, 5) is 10.8. The van der Waals surface area contributed by atoms with Crippen LogP contribution in [0.4, 0.5) is 0 Å². The topological polar surface area (TPSA) is 64.1 Å². The molecule has 0 aliphatic rings. The van der Waals surface area contributed by atoms with Gasteiger partial charge in [-0.15, -0.1) is 11.6 Å². The molecule has 0 radical (unpaired) electrons. The van der Waals surface area contributed by atoms with Crippen LogP contribution in [0, 0.1) is 5.92 Å². The van der Waals surface area contributed by atoms with Crippen molar-refractivity contribution in [2.24, 2.45) is 5.92 Å². The Balaban J connectivity index is 0. The first-order valence-electron chi connectivity index (χ1n) is 4.37. The molecule has 0 bridgehead atoms. The zero-order valence-corrected chi connectivity index (χ0v) is 10.2. The van der Waals surface area contributed by atoms with E-state index in [4.69, 9.17) is 11.6 Å². The second-order valence-electron chi connectivity index (χ2n) is 3.96. The molecule has 0 aromatic heterocycles. The van der Waals surface area contributed by atoms with Crippen molar-refractivity contribution >= 4 is 17.5 Å². The van der Waals surface area contributed by atoms with Crippen LogP contribution in [0.5, 0.6) is 0 Å². The summed E-state index contributed by atoms with van der Waals surface area (Å²) in [5.41, 5.74) is 0.527. The monoisotopic (exact) mass is 220 g/mol. The van der Waals surface area contributed by atoms with Crippen molar-refractivity contribution in [2.75, 3.05) is 6.54 Å². The predicted molar refractivity (Wildman–Crippen MR) is 61.9 cm³/mol. The van der Waals surface area contributed by atoms with E-state index < -0.39 is 0 Å². The van der Waals surface area contributed by atoms with Gasteiger partial charge in [-0.3, -0.25) is 4.79 Å². The van der Waals surface area contributed by atoms with E-state index in [2.05, 4.69) is 11.9 Å². The minimum Gasteiger partial charge on any atom is -0.352 e. The third kappa shape index (κ3) is 6.00. The Morgan fingerprint density at radius 1 is 1.57 bits per heavy atom. The molecule has 0 aromatic carbocycles. The molecule has 0 saturated carbocycles. The third-order valence-corrected chi connectivity index (χ3v) is 2.50. The lowest BCUT2D eigenvalue weighted by atomic mass is 9.97. The minimum absolute atomic E-state index is 0. The fraction of sp³-hybridized carbons (Fsp3) is 0.700. The summed E-state index contributed by atoms with van der Waals surface area (Å²) < 4.78 is 0. The van der Waals surface area contributed by atoms with E-state index in [0.29, 0.717) is 12.1 Å². The number of carbonyl (C=O) groups is 1. The Labute approximate surface area is 91.5 Å². The number of alkyl halides is 1. The van der Waals surface area contributed by atoms with Crippen LogP contribution in [0.25, 0.3) is 0 Å². The molecule has 84 valence electrons. The quantitative estimate of drug-likeness (QED) is 0.565. The molecule has 0 rings (SSSR count). The van der Waals surface area contributed by atoms with Crippen LogP contribution < -0.4 is 11.5 Å². The van der Waals surface area contributed by atoms with Gasteiger partial charge in [0.25, 0.3) is 0 Å². The molecule has 14 heavy (non-hydrogen) atoms. The Kier molecular flexibility index (Phi) is 6.86. The van der Waals surface area contributed by atoms with Gasteiger partial charge < -0.3 is 11.5 Å². The van der Waals surface area contributed by atoms with Gasteiger partial charge in [-0.1, -0.05) is 13.5 Å². The molecule has 0 aliphatic heterocycles. The highest BCUT2D eigenvalue weighted by atomic mass is 35.5. The number of carbonyl (C=O) groups excluding carboxylic acids is 1. The summed E-state index contributed by atoms with van der Waals surface area (Å²) in [7, 11) is 0. The number of hydrogen-bond acceptors (Lipinski definition) is 2. The van der Waals surface area contributed by atoms with Crippen molar-refractivity contribution in [2.45, 2.75) is 32.6 Å². The van der Waals surface area contributed by atoms with Crippen LogP contribution in [-0.4, -0.2) is 17.3 Å². The van der Waals surface area contributed by atoms with E-state index in [-0.39, 0.29) is 22.8 Å². The van der Waals surface area contributed by atoms with Gasteiger partial charge in [0.15, 0.2) is 0 Å². The lowest BCUT2D eigenvalue weighted by molar-refractivity contribution is -0.117. The molecule has 1 atom stereocenters. The molecule has 0 saturated heterocycles. The number of rotatable bonds is 4. The lowest BCUT2D eigenvalue weighted by Crippen LogP contribution is -2.35. The summed E-state index contributed by atoms with van der Waals surface area (Å²) in [6.07, 6.45) is 0. The van der Waals surface area contributed by atoms with Crippen molar-refractivity contribution in [3.8, 4) is 0 Å². The van der Waals surface area contributed by atoms with Crippen molar-refractivity contribution in [3.05, 3.63) is 12.2 Å². The summed E-state index contributed by atoms with van der Waals surface area (Å²) in [6.45, 7) is 11.7. The maximum Gasteiger partial charge on any atom is 0.246 e. The van der Waals surface area contributed by atoms with Gasteiger partial charge in [0, 0.05) is 17.0 Å². The summed E-state index contributed by atoms with van der Waals surface area (Å²) in [6, 6.07) is 0. The Morgan fingerprint density at radius 2 is 2.00 bits per heavy atom. The van der Waals surface area contributed by atoms with Crippen molar-refractivity contribution < 1.29 is 4.79 Å². The van der Waals surface area contributed by atoms with Crippen molar-refractivity contribution in [3.63, 3.8) is 0 Å². The van der Waals surface area contributed by atoms with Crippen LogP contribution in [0.15, 0.2) is 12.2 Å². The van der Waals surface area contributed by atoms with Gasteiger partial charge in [-0.25, -0.2) is 0 Å². The number of halogens is 1. The maximum absolute atomic E-state index is 11.1. The van der Waals surface area contributed by atoms with Gasteiger partial charge in [0.2, 0.25) is 5.91 Å². The highest BCUT2D eigenvalue weighted by molar-refractivity contribution is 6.23. The molecule has 0 spiro atoms. The van der Waals surface area contributed by atoms with E-state index in [1.165, 1.54) is 0 Å². The van der Waals surface area contributed by atoms with E-state index >= 15 is 0 Å². The summed E-state index contributed by atoms with van der Waals surface area (Å²) >= 11 is 6.07. The molecule has 0 fully saturated rings.